The third kappa shape index (κ3) is 20.1. The molecule has 0 aliphatic rings. The zero-order valence-electron chi connectivity index (χ0n) is 68.9. The van der Waals surface area contributed by atoms with E-state index in [0.717, 1.165) is 63.2 Å². The van der Waals surface area contributed by atoms with E-state index in [1.807, 2.05) is 75.0 Å². The molecule has 0 unspecified atom stereocenters. The van der Waals surface area contributed by atoms with Gasteiger partial charge in [0.05, 0.1) is 111 Å². The van der Waals surface area contributed by atoms with Crippen LogP contribution in [0.3, 0.4) is 0 Å². The number of carbonyl (C=O) groups excluding carboxylic acids is 2. The number of hydrogen-bond acceptors (Lipinski definition) is 17. The van der Waals surface area contributed by atoms with Crippen molar-refractivity contribution in [2.45, 2.75) is 40.9 Å². The van der Waals surface area contributed by atoms with Gasteiger partial charge in [-0.05, 0) is 94.4 Å². The van der Waals surface area contributed by atoms with Gasteiger partial charge in [0.15, 0.2) is 35.2 Å². The molecule has 38 heteroatoms. The molecule has 0 saturated heterocycles. The first-order chi connectivity index (χ1) is 61.7. The minimum atomic E-state index is -4.16. The van der Waals surface area contributed by atoms with Gasteiger partial charge < -0.3 is 33.4 Å². The van der Waals surface area contributed by atoms with Gasteiger partial charge in [-0.2, -0.15) is 25.5 Å². The van der Waals surface area contributed by atoms with Crippen LogP contribution in [0.25, 0.3) is 88.1 Å². The molecule has 18 rings (SSSR count). The maximum atomic E-state index is 15.1. The minimum absolute atomic E-state index is 0.00425. The number of para-hydroxylation sites is 2. The van der Waals surface area contributed by atoms with Crippen LogP contribution >= 0.6 is 0 Å². The average Bonchev–Trinajstić information content (AvgIpc) is 1.61. The Morgan fingerprint density at radius 2 is 0.806 bits per heavy atom. The Hall–Kier alpha value is -15.1. The number of nitrogens with zero attached hydrogens (tertiary/aromatic N) is 15. The van der Waals surface area contributed by atoms with Crippen LogP contribution in [0.4, 0.5) is 35.1 Å². The number of benzene rings is 8. The molecule has 0 saturated carbocycles. The zero-order chi connectivity index (χ0) is 91.3. The highest BCUT2D eigenvalue weighted by molar-refractivity contribution is 7.92. The standard InChI is InChI=1S/C26H21F3N6O3S.C25H20F3N5O4S.C20H18FN3O2S.C20H16FN3O/c1-34-13-18(12-32-34)16-4-5-17(20(28)9-16)14-35-15-24(25-21(29)10-19(27)11-23(25)35)39(37,38)8-7-30-26(36)22-3-2-6-31-33-22;1-32-12-17(11-30-32)15-2-3-16(19(27)8-15)13-33-14-23(24-20(28)9-18(26)10-21(24)33)38(35,36)7-6-29-25(34)22-4-5-31-37-22;1-23-11-16(10-22-23)14-7-8-15(18(21)9-14)12-24-13-20(27(2,25)26)17-5-3-4-6-19(17)24;1-23-12-17(11-22-23)15-6-7-16(18(21)10-15)13-24-19-5-3-2-4-14(19)8-9-20(24)25/h2-6,9-13,15H,7-8,14H2,1H3,(H,30,36);2-5,8-12,14H,6-7,13H2,1H3,(H,29,34);3-11,13H,12H2,1-2H3;2-12H,13H2,1H3. The van der Waals surface area contributed by atoms with E-state index < -0.39 is 97.5 Å². The van der Waals surface area contributed by atoms with Crippen LogP contribution in [-0.4, -0.2) is 141 Å². The van der Waals surface area contributed by atoms with Crippen molar-refractivity contribution in [1.29, 1.82) is 0 Å². The predicted octanol–water partition coefficient (Wildman–Crippen LogP) is 14.4. The summed E-state index contributed by atoms with van der Waals surface area (Å²) in [6.07, 6.45) is 21.4. The molecule has 0 fully saturated rings. The second-order valence-corrected chi connectivity index (χ2v) is 36.1. The SMILES string of the molecule is Cn1cc(-c2ccc(Cn3c(=O)ccc4ccccc43)c(F)c2)cn1.Cn1cc(-c2ccc(Cn3cc(S(=O)(=O)CCNC(=O)c4cccnn4)c4c(F)cc(F)cc43)c(F)c2)cn1.Cn1cc(-c2ccc(Cn3cc(S(=O)(=O)CCNC(=O)c4ccno4)c4c(F)cc(F)cc43)c(F)c2)cn1.Cn1cc(-c2ccc(Cn3cc(S(C)(=O)=O)c4ccccc43)c(F)c2)cn1. The lowest BCUT2D eigenvalue weighted by Crippen LogP contribution is -2.29. The molecule has 18 aromatic rings. The van der Waals surface area contributed by atoms with Gasteiger partial charge in [-0.1, -0.05) is 90.1 Å². The number of fused-ring (bicyclic) bond motifs is 4. The van der Waals surface area contributed by atoms with Crippen LogP contribution in [0.5, 0.6) is 0 Å². The van der Waals surface area contributed by atoms with Crippen LogP contribution in [0.1, 0.15) is 43.3 Å². The van der Waals surface area contributed by atoms with Crippen molar-refractivity contribution in [2.75, 3.05) is 30.9 Å². The summed E-state index contributed by atoms with van der Waals surface area (Å²) in [5.41, 5.74) is 8.44. The number of aromatic nitrogens is 15. The Morgan fingerprint density at radius 1 is 0.395 bits per heavy atom. The van der Waals surface area contributed by atoms with Crippen molar-refractivity contribution < 1.29 is 74.5 Å². The summed E-state index contributed by atoms with van der Waals surface area (Å²) in [5.74, 6) is -8.33. The Balaban J connectivity index is 0.000000134. The predicted molar refractivity (Wildman–Crippen MR) is 465 cm³/mol. The fraction of sp³-hybridized carbons (Fsp3) is 0.143. The molecule has 658 valence electrons. The summed E-state index contributed by atoms with van der Waals surface area (Å²) in [5, 5.41) is 32.8. The highest BCUT2D eigenvalue weighted by atomic mass is 32.2. The average molecular weight is 1810 g/mol. The molecule has 8 aromatic carbocycles. The van der Waals surface area contributed by atoms with E-state index in [1.165, 1.54) is 88.4 Å². The molecule has 0 bridgehead atoms. The first kappa shape index (κ1) is 88.8. The number of sulfone groups is 3. The number of nitrogens with one attached hydrogen (secondary N) is 2. The molecule has 0 radical (unpaired) electrons. The van der Waals surface area contributed by atoms with Gasteiger partial charge in [0.1, 0.15) is 46.5 Å². The topological polar surface area (TPSA) is 320 Å². The lowest BCUT2D eigenvalue weighted by atomic mass is 10.1. The van der Waals surface area contributed by atoms with E-state index >= 15 is 8.78 Å². The van der Waals surface area contributed by atoms with Gasteiger partial charge in [0, 0.05) is 177 Å². The van der Waals surface area contributed by atoms with Gasteiger partial charge in [-0.3, -0.25) is 33.1 Å². The van der Waals surface area contributed by atoms with Crippen molar-refractivity contribution in [1.82, 2.24) is 83.4 Å². The van der Waals surface area contributed by atoms with Crippen LogP contribution in [0.2, 0.25) is 0 Å². The first-order valence-electron chi connectivity index (χ1n) is 39.3. The summed E-state index contributed by atoms with van der Waals surface area (Å²) >= 11 is 0. The van der Waals surface area contributed by atoms with Crippen LogP contribution < -0.4 is 16.2 Å². The molecule has 10 aromatic heterocycles. The zero-order valence-corrected chi connectivity index (χ0v) is 71.4. The first-order valence-corrected chi connectivity index (χ1v) is 44.5. The Bertz CT molecular complexity index is 7740. The van der Waals surface area contributed by atoms with E-state index in [4.69, 9.17) is 4.52 Å². The number of carbonyl (C=O) groups is 2. The molecule has 0 atom stereocenters. The van der Waals surface area contributed by atoms with Crippen LogP contribution in [-0.2, 0) is 83.9 Å². The molecule has 10 heterocycles. The number of hydrogen-bond donors (Lipinski definition) is 2. The van der Waals surface area contributed by atoms with Crippen molar-refractivity contribution in [3.05, 3.63) is 347 Å². The van der Waals surface area contributed by atoms with Crippen molar-refractivity contribution in [2.24, 2.45) is 28.2 Å². The van der Waals surface area contributed by atoms with Gasteiger partial charge in [0.25, 0.3) is 17.4 Å². The van der Waals surface area contributed by atoms with Crippen LogP contribution in [0.15, 0.2) is 280 Å². The lowest BCUT2D eigenvalue weighted by molar-refractivity contribution is 0.0917. The summed E-state index contributed by atoms with van der Waals surface area (Å²) in [4.78, 5) is 35.9. The number of pyridine rings is 1. The second kappa shape index (κ2) is 37.2. The van der Waals surface area contributed by atoms with Gasteiger partial charge in [0.2, 0.25) is 5.76 Å². The van der Waals surface area contributed by atoms with Crippen LogP contribution in [0, 0.1) is 46.5 Å². The number of rotatable bonds is 23. The third-order valence-electron chi connectivity index (χ3n) is 20.9. The molecule has 2 amide bonds. The van der Waals surface area contributed by atoms with E-state index in [1.54, 1.807) is 128 Å². The molecule has 0 spiro atoms. The highest BCUT2D eigenvalue weighted by Gasteiger charge is 2.29. The smallest absolute Gasteiger partial charge is 0.289 e. The van der Waals surface area contributed by atoms with Crippen molar-refractivity contribution in [3.63, 3.8) is 0 Å². The molecular weight excluding hydrogens is 1740 g/mol. The maximum absolute atomic E-state index is 15.1. The Morgan fingerprint density at radius 3 is 1.21 bits per heavy atom. The quantitative estimate of drug-likeness (QED) is 0.0562. The minimum Gasteiger partial charge on any atom is -0.351 e. The van der Waals surface area contributed by atoms with Gasteiger partial charge in [-0.15, -0.1) is 5.10 Å². The van der Waals surface area contributed by atoms with Gasteiger partial charge in [-0.25, -0.2) is 60.4 Å². The summed E-state index contributed by atoms with van der Waals surface area (Å²) < 4.78 is 211. The summed E-state index contributed by atoms with van der Waals surface area (Å²) in [6, 6.07) is 44.7. The normalized spacial score (nSPS) is 11.7. The summed E-state index contributed by atoms with van der Waals surface area (Å²) in [6.45, 7) is -0.526. The monoisotopic (exact) mass is 1810 g/mol. The number of halogens is 8. The van der Waals surface area contributed by atoms with E-state index in [-0.39, 0.29) is 106 Å². The highest BCUT2D eigenvalue weighted by Crippen LogP contribution is 2.36. The fourth-order valence-electron chi connectivity index (χ4n) is 14.6. The fourth-order valence-corrected chi connectivity index (χ4v) is 18.2. The van der Waals surface area contributed by atoms with Crippen molar-refractivity contribution >= 4 is 84.9 Å². The van der Waals surface area contributed by atoms with E-state index in [9.17, 15) is 66.0 Å². The Kier molecular flexibility index (Phi) is 25.6. The third-order valence-corrected chi connectivity index (χ3v) is 25.5. The van der Waals surface area contributed by atoms with E-state index in [2.05, 4.69) is 46.4 Å². The molecule has 0 aliphatic carbocycles. The van der Waals surface area contributed by atoms with E-state index in [0.29, 0.717) is 50.9 Å². The molecule has 129 heavy (non-hydrogen) atoms. The Labute approximate surface area is 730 Å². The maximum Gasteiger partial charge on any atom is 0.289 e. The number of aryl methyl sites for hydroxylation is 4. The largest absolute Gasteiger partial charge is 0.351 e. The number of amides is 2. The molecule has 2 N–H and O–H groups in total. The molecular formula is C91H75F8N17O10S3. The second-order valence-electron chi connectivity index (χ2n) is 30.0. The lowest BCUT2D eigenvalue weighted by Gasteiger charge is -2.11. The van der Waals surface area contributed by atoms with Gasteiger partial charge >= 0.3 is 0 Å². The molecule has 27 nitrogen and oxygen atoms in total. The summed E-state index contributed by atoms with van der Waals surface area (Å²) in [7, 11) is -4.59. The molecule has 0 aliphatic heterocycles. The van der Waals surface area contributed by atoms with Crippen molar-refractivity contribution in [3.8, 4) is 44.5 Å².